The minimum absolute atomic E-state index is 0.384. The van der Waals surface area contributed by atoms with Crippen molar-refractivity contribution in [2.24, 2.45) is 0 Å². The summed E-state index contributed by atoms with van der Waals surface area (Å²) >= 11 is 0. The van der Waals surface area contributed by atoms with Crippen molar-refractivity contribution in [1.29, 1.82) is 0 Å². The van der Waals surface area contributed by atoms with Gasteiger partial charge in [-0.2, -0.15) is 10.2 Å². The van der Waals surface area contributed by atoms with Gasteiger partial charge in [0.15, 0.2) is 0 Å². The summed E-state index contributed by atoms with van der Waals surface area (Å²) < 4.78 is 0. The van der Waals surface area contributed by atoms with Crippen molar-refractivity contribution in [1.82, 2.24) is 20.4 Å². The molecule has 2 aliphatic rings. The zero-order valence-electron chi connectivity index (χ0n) is 11.1. The van der Waals surface area contributed by atoms with Gasteiger partial charge in [-0.3, -0.25) is 4.90 Å². The van der Waals surface area contributed by atoms with E-state index in [-0.39, 0.29) is 0 Å². The zero-order valence-corrected chi connectivity index (χ0v) is 11.1. The first-order chi connectivity index (χ1) is 8.77. The van der Waals surface area contributed by atoms with Crippen LogP contribution >= 0.6 is 0 Å². The molecule has 2 fully saturated rings. The van der Waals surface area contributed by atoms with Gasteiger partial charge in [0.05, 0.1) is 5.69 Å². The quantitative estimate of drug-likeness (QED) is 0.860. The van der Waals surface area contributed by atoms with E-state index in [4.69, 9.17) is 0 Å². The summed E-state index contributed by atoms with van der Waals surface area (Å²) in [7, 11) is 0. The highest BCUT2D eigenvalue weighted by molar-refractivity contribution is 5.04. The molecule has 3 rings (SSSR count). The summed E-state index contributed by atoms with van der Waals surface area (Å²) in [6, 6.07) is 4.63. The van der Waals surface area contributed by atoms with Gasteiger partial charge >= 0.3 is 0 Å². The van der Waals surface area contributed by atoms with Crippen molar-refractivity contribution in [3.05, 3.63) is 24.0 Å². The summed E-state index contributed by atoms with van der Waals surface area (Å²) in [6.45, 7) is 5.48. The first-order valence-electron chi connectivity index (χ1n) is 7.03. The van der Waals surface area contributed by atoms with E-state index < -0.39 is 0 Å². The third kappa shape index (κ3) is 2.40. The van der Waals surface area contributed by atoms with E-state index in [2.05, 4.69) is 33.4 Å². The van der Waals surface area contributed by atoms with E-state index in [0.717, 1.165) is 25.3 Å². The Balaban J connectivity index is 1.70. The Hall–Kier alpha value is -1.00. The normalized spacial score (nSPS) is 27.7. The number of rotatable bonds is 2. The SMILES string of the molecule is CC1CNC2(CCCC2)CN1Cc1cccnn1. The average molecular weight is 246 g/mol. The minimum atomic E-state index is 0.384. The Bertz CT molecular complexity index is 386. The second kappa shape index (κ2) is 4.94. The molecule has 1 spiro atoms. The maximum absolute atomic E-state index is 4.21. The maximum Gasteiger partial charge on any atom is 0.0771 e. The molecule has 1 atom stereocenters. The molecule has 98 valence electrons. The van der Waals surface area contributed by atoms with Gasteiger partial charge in [-0.05, 0) is 31.9 Å². The fourth-order valence-corrected chi connectivity index (χ4v) is 3.32. The molecule has 0 amide bonds. The average Bonchev–Trinajstić information content (AvgIpc) is 2.84. The topological polar surface area (TPSA) is 41.0 Å². The highest BCUT2D eigenvalue weighted by Gasteiger charge is 2.39. The lowest BCUT2D eigenvalue weighted by Gasteiger charge is -2.45. The molecule has 0 aromatic carbocycles. The fourth-order valence-electron chi connectivity index (χ4n) is 3.32. The molecular formula is C14H22N4. The van der Waals surface area contributed by atoms with E-state index in [1.807, 2.05) is 6.07 Å². The first-order valence-corrected chi connectivity index (χ1v) is 7.03. The molecule has 1 aliphatic carbocycles. The monoisotopic (exact) mass is 246 g/mol. The molecule has 0 bridgehead atoms. The third-order valence-electron chi connectivity index (χ3n) is 4.45. The van der Waals surface area contributed by atoms with Crippen LogP contribution in [0, 0.1) is 0 Å². The zero-order chi connectivity index (χ0) is 12.4. The van der Waals surface area contributed by atoms with E-state index in [1.165, 1.54) is 25.7 Å². The lowest BCUT2D eigenvalue weighted by Crippen LogP contribution is -2.62. The van der Waals surface area contributed by atoms with Crippen molar-refractivity contribution < 1.29 is 0 Å². The predicted molar refractivity (Wildman–Crippen MR) is 71.1 cm³/mol. The van der Waals surface area contributed by atoms with E-state index in [0.29, 0.717) is 11.6 Å². The molecule has 18 heavy (non-hydrogen) atoms. The standard InChI is InChI=1S/C14H22N4/c1-12-9-15-14(6-2-3-7-14)11-18(12)10-13-5-4-8-16-17-13/h4-5,8,12,15H,2-3,6-7,9-11H2,1H3. The summed E-state index contributed by atoms with van der Waals surface area (Å²) in [6.07, 6.45) is 7.15. The van der Waals surface area contributed by atoms with Crippen molar-refractivity contribution in [2.75, 3.05) is 13.1 Å². The van der Waals surface area contributed by atoms with Gasteiger partial charge in [0.25, 0.3) is 0 Å². The van der Waals surface area contributed by atoms with Crippen molar-refractivity contribution in [3.8, 4) is 0 Å². The Morgan fingerprint density at radius 1 is 1.44 bits per heavy atom. The second-order valence-corrected chi connectivity index (χ2v) is 5.84. The van der Waals surface area contributed by atoms with Crippen LogP contribution in [0.1, 0.15) is 38.3 Å². The molecule has 4 nitrogen and oxygen atoms in total. The number of hydrogen-bond acceptors (Lipinski definition) is 4. The molecule has 1 saturated heterocycles. The summed E-state index contributed by atoms with van der Waals surface area (Å²) in [5.74, 6) is 0. The largest absolute Gasteiger partial charge is 0.308 e. The summed E-state index contributed by atoms with van der Waals surface area (Å²) in [5.41, 5.74) is 1.47. The van der Waals surface area contributed by atoms with Crippen molar-refractivity contribution in [2.45, 2.75) is 50.7 Å². The fraction of sp³-hybridized carbons (Fsp3) is 0.714. The highest BCUT2D eigenvalue weighted by atomic mass is 15.3. The Morgan fingerprint density at radius 2 is 2.28 bits per heavy atom. The molecule has 4 heteroatoms. The Morgan fingerprint density at radius 3 is 3.00 bits per heavy atom. The molecule has 1 unspecified atom stereocenters. The van der Waals surface area contributed by atoms with E-state index in [1.54, 1.807) is 6.20 Å². The van der Waals surface area contributed by atoms with Crippen LogP contribution in [0.3, 0.4) is 0 Å². The van der Waals surface area contributed by atoms with Crippen LogP contribution in [0.5, 0.6) is 0 Å². The molecule has 1 aromatic rings. The lowest BCUT2D eigenvalue weighted by atomic mass is 9.92. The van der Waals surface area contributed by atoms with Crippen molar-refractivity contribution >= 4 is 0 Å². The van der Waals surface area contributed by atoms with Gasteiger partial charge in [0.2, 0.25) is 0 Å². The number of nitrogens with one attached hydrogen (secondary N) is 1. The van der Waals surface area contributed by atoms with E-state index >= 15 is 0 Å². The molecule has 1 aromatic heterocycles. The molecule has 2 heterocycles. The smallest absolute Gasteiger partial charge is 0.0771 e. The van der Waals surface area contributed by atoms with Crippen LogP contribution in [0.2, 0.25) is 0 Å². The van der Waals surface area contributed by atoms with Gasteiger partial charge in [-0.15, -0.1) is 0 Å². The van der Waals surface area contributed by atoms with Crippen LogP contribution in [0.25, 0.3) is 0 Å². The molecular weight excluding hydrogens is 224 g/mol. The number of hydrogen-bond donors (Lipinski definition) is 1. The maximum atomic E-state index is 4.21. The van der Waals surface area contributed by atoms with Crippen LogP contribution in [0.15, 0.2) is 18.3 Å². The molecule has 1 aliphatic heterocycles. The van der Waals surface area contributed by atoms with Crippen LogP contribution in [-0.2, 0) is 6.54 Å². The Kier molecular flexibility index (Phi) is 3.31. The third-order valence-corrected chi connectivity index (χ3v) is 4.45. The second-order valence-electron chi connectivity index (χ2n) is 5.84. The van der Waals surface area contributed by atoms with Gasteiger partial charge in [0, 0.05) is 37.4 Å². The summed E-state index contributed by atoms with van der Waals surface area (Å²) in [4.78, 5) is 2.56. The van der Waals surface area contributed by atoms with Crippen LogP contribution in [0.4, 0.5) is 0 Å². The van der Waals surface area contributed by atoms with Gasteiger partial charge in [0.1, 0.15) is 0 Å². The van der Waals surface area contributed by atoms with Gasteiger partial charge < -0.3 is 5.32 Å². The minimum Gasteiger partial charge on any atom is -0.308 e. The van der Waals surface area contributed by atoms with Crippen molar-refractivity contribution in [3.63, 3.8) is 0 Å². The molecule has 0 radical (unpaired) electrons. The number of piperazine rings is 1. The first kappa shape index (κ1) is 12.1. The van der Waals surface area contributed by atoms with Crippen LogP contribution in [-0.4, -0.2) is 39.8 Å². The lowest BCUT2D eigenvalue weighted by molar-refractivity contribution is 0.0813. The Labute approximate surface area is 109 Å². The molecule has 1 N–H and O–H groups in total. The predicted octanol–water partition coefficient (Wildman–Crippen LogP) is 1.58. The van der Waals surface area contributed by atoms with Crippen LogP contribution < -0.4 is 5.32 Å². The van der Waals surface area contributed by atoms with Gasteiger partial charge in [-0.1, -0.05) is 12.8 Å². The highest BCUT2D eigenvalue weighted by Crippen LogP contribution is 2.33. The summed E-state index contributed by atoms with van der Waals surface area (Å²) in [5, 5.41) is 12.0. The number of aromatic nitrogens is 2. The number of nitrogens with zero attached hydrogens (tertiary/aromatic N) is 3. The van der Waals surface area contributed by atoms with E-state index in [9.17, 15) is 0 Å². The molecule has 1 saturated carbocycles. The van der Waals surface area contributed by atoms with Gasteiger partial charge in [-0.25, -0.2) is 0 Å².